The van der Waals surface area contributed by atoms with Gasteiger partial charge in [0.25, 0.3) is 0 Å². The van der Waals surface area contributed by atoms with Crippen LogP contribution in [0.15, 0.2) is 24.3 Å². The van der Waals surface area contributed by atoms with E-state index in [4.69, 9.17) is 0 Å². The Balaban J connectivity index is 1.62. The van der Waals surface area contributed by atoms with Crippen LogP contribution in [0.2, 0.25) is 0 Å². The van der Waals surface area contributed by atoms with Crippen molar-refractivity contribution in [2.24, 2.45) is 0 Å². The maximum absolute atomic E-state index is 12.1. The fourth-order valence-corrected chi connectivity index (χ4v) is 3.00. The summed E-state index contributed by atoms with van der Waals surface area (Å²) in [6.45, 7) is -1.46. The number of carbonyl (C=O) groups is 1. The molecule has 0 aromatic heterocycles. The number of halogens is 2. The molecule has 4 nitrogen and oxygen atoms in total. The third-order valence-corrected chi connectivity index (χ3v) is 4.25. The lowest BCUT2D eigenvalue weighted by molar-refractivity contribution is -0.120. The molecule has 24 heavy (non-hydrogen) atoms. The first-order chi connectivity index (χ1) is 11.6. The quantitative estimate of drug-likeness (QED) is 0.564. The van der Waals surface area contributed by atoms with Crippen LogP contribution in [0.5, 0.6) is 5.75 Å². The number of nitrogens with one attached hydrogen (secondary N) is 2. The second-order valence-electron chi connectivity index (χ2n) is 6.19. The minimum Gasteiger partial charge on any atom is -0.435 e. The largest absolute Gasteiger partial charge is 0.435 e. The van der Waals surface area contributed by atoms with Gasteiger partial charge >= 0.3 is 6.61 Å². The topological polar surface area (TPSA) is 50.4 Å². The summed E-state index contributed by atoms with van der Waals surface area (Å²) in [4.78, 5) is 11.9. The highest BCUT2D eigenvalue weighted by Gasteiger charge is 2.11. The van der Waals surface area contributed by atoms with Gasteiger partial charge in [-0.2, -0.15) is 8.78 Å². The number of hydrogen-bond acceptors (Lipinski definition) is 3. The van der Waals surface area contributed by atoms with E-state index in [2.05, 4.69) is 15.4 Å². The normalized spacial score (nSPS) is 16.0. The zero-order chi connectivity index (χ0) is 17.2. The molecular formula is C18H26F2N2O2. The van der Waals surface area contributed by atoms with Gasteiger partial charge in [0, 0.05) is 19.1 Å². The van der Waals surface area contributed by atoms with Gasteiger partial charge in [-0.1, -0.05) is 37.8 Å². The molecule has 0 heterocycles. The first kappa shape index (κ1) is 18.6. The number of ether oxygens (including phenoxy) is 1. The molecule has 0 radical (unpaired) electrons. The Kier molecular flexibility index (Phi) is 7.95. The molecule has 0 aliphatic heterocycles. The molecule has 1 fully saturated rings. The van der Waals surface area contributed by atoms with Crippen molar-refractivity contribution in [3.8, 4) is 5.75 Å². The summed E-state index contributed by atoms with van der Waals surface area (Å²) in [6.07, 6.45) is 7.91. The first-order valence-corrected chi connectivity index (χ1v) is 8.67. The monoisotopic (exact) mass is 340 g/mol. The molecule has 1 aliphatic rings. The Hall–Kier alpha value is -1.69. The van der Waals surface area contributed by atoms with Crippen molar-refractivity contribution in [1.29, 1.82) is 0 Å². The average Bonchev–Trinajstić information content (AvgIpc) is 2.82. The molecular weight excluding hydrogens is 314 g/mol. The van der Waals surface area contributed by atoms with Gasteiger partial charge < -0.3 is 15.4 Å². The molecule has 134 valence electrons. The second-order valence-corrected chi connectivity index (χ2v) is 6.19. The smallest absolute Gasteiger partial charge is 0.387 e. The van der Waals surface area contributed by atoms with E-state index in [-0.39, 0.29) is 18.1 Å². The summed E-state index contributed by atoms with van der Waals surface area (Å²) in [7, 11) is 0. The summed E-state index contributed by atoms with van der Waals surface area (Å²) in [6, 6.07) is 6.72. The lowest BCUT2D eigenvalue weighted by atomic mass is 10.1. The van der Waals surface area contributed by atoms with E-state index in [0.717, 1.165) is 12.1 Å². The number of hydrogen-bond donors (Lipinski definition) is 2. The number of carbonyl (C=O) groups excluding carboxylic acids is 1. The Bertz CT molecular complexity index is 486. The summed E-state index contributed by atoms with van der Waals surface area (Å²) in [5, 5.41) is 6.38. The van der Waals surface area contributed by atoms with Crippen molar-refractivity contribution in [2.45, 2.75) is 57.6 Å². The summed E-state index contributed by atoms with van der Waals surface area (Å²) in [5.41, 5.74) is 0.769. The van der Waals surface area contributed by atoms with E-state index in [1.807, 2.05) is 0 Å². The highest BCUT2D eigenvalue weighted by molar-refractivity contribution is 5.78. The minimum absolute atomic E-state index is 0.0693. The Morgan fingerprint density at radius 3 is 2.38 bits per heavy atom. The molecule has 1 aliphatic carbocycles. The van der Waals surface area contributed by atoms with Crippen LogP contribution in [0.4, 0.5) is 8.78 Å². The second kappa shape index (κ2) is 10.2. The predicted octanol–water partition coefficient (Wildman–Crippen LogP) is 3.26. The first-order valence-electron chi connectivity index (χ1n) is 8.67. The van der Waals surface area contributed by atoms with Gasteiger partial charge in [-0.25, -0.2) is 0 Å². The van der Waals surface area contributed by atoms with Gasteiger partial charge in [-0.05, 0) is 30.5 Å². The Morgan fingerprint density at radius 1 is 1.08 bits per heavy atom. The molecule has 0 spiro atoms. The van der Waals surface area contributed by atoms with Gasteiger partial charge in [-0.15, -0.1) is 0 Å². The van der Waals surface area contributed by atoms with Crippen LogP contribution in [-0.4, -0.2) is 31.7 Å². The van der Waals surface area contributed by atoms with E-state index < -0.39 is 6.61 Å². The van der Waals surface area contributed by atoms with Crippen LogP contribution in [-0.2, 0) is 11.2 Å². The lowest BCUT2D eigenvalue weighted by Crippen LogP contribution is -2.37. The van der Waals surface area contributed by atoms with Gasteiger partial charge in [0.1, 0.15) is 5.75 Å². The molecule has 1 amide bonds. The molecule has 2 N–H and O–H groups in total. The van der Waals surface area contributed by atoms with Crippen molar-refractivity contribution >= 4 is 5.91 Å². The fourth-order valence-electron chi connectivity index (χ4n) is 3.00. The van der Waals surface area contributed by atoms with Crippen molar-refractivity contribution in [2.75, 3.05) is 13.1 Å². The molecule has 0 saturated heterocycles. The zero-order valence-electron chi connectivity index (χ0n) is 13.9. The maximum atomic E-state index is 12.1. The molecule has 1 aromatic rings. The minimum atomic E-state index is -2.83. The standard InChI is InChI=1S/C18H26F2N2O2/c19-18(20)24-16-9-7-14(8-10-16)13-17(23)22-12-11-21-15-5-3-1-2-4-6-15/h7-10,15,18,21H,1-6,11-13H2,(H,22,23). The fraction of sp³-hybridized carbons (Fsp3) is 0.611. The highest BCUT2D eigenvalue weighted by Crippen LogP contribution is 2.17. The zero-order valence-corrected chi connectivity index (χ0v) is 13.9. The third-order valence-electron chi connectivity index (χ3n) is 4.25. The van der Waals surface area contributed by atoms with Crippen LogP contribution < -0.4 is 15.4 Å². The number of rotatable bonds is 8. The Labute approximate surface area is 142 Å². The molecule has 6 heteroatoms. The molecule has 0 bridgehead atoms. The SMILES string of the molecule is O=C(Cc1ccc(OC(F)F)cc1)NCCNC1CCCCCC1. The maximum Gasteiger partial charge on any atom is 0.387 e. The molecule has 1 aromatic carbocycles. The van der Waals surface area contributed by atoms with E-state index in [0.29, 0.717) is 12.6 Å². The Morgan fingerprint density at radius 2 is 1.75 bits per heavy atom. The van der Waals surface area contributed by atoms with Gasteiger partial charge in [0.05, 0.1) is 6.42 Å². The number of benzene rings is 1. The van der Waals surface area contributed by atoms with Crippen molar-refractivity contribution in [3.63, 3.8) is 0 Å². The van der Waals surface area contributed by atoms with Crippen LogP contribution in [0.25, 0.3) is 0 Å². The number of alkyl halides is 2. The summed E-state index contributed by atoms with van der Waals surface area (Å²) >= 11 is 0. The van der Waals surface area contributed by atoms with E-state index in [1.54, 1.807) is 12.1 Å². The van der Waals surface area contributed by atoms with Crippen LogP contribution in [0.1, 0.15) is 44.1 Å². The lowest BCUT2D eigenvalue weighted by Gasteiger charge is -2.16. The average molecular weight is 340 g/mol. The molecule has 0 atom stereocenters. The highest BCUT2D eigenvalue weighted by atomic mass is 19.3. The molecule has 1 saturated carbocycles. The summed E-state index contributed by atoms with van der Waals surface area (Å²) in [5.74, 6) is 0.0296. The van der Waals surface area contributed by atoms with E-state index in [9.17, 15) is 13.6 Å². The van der Waals surface area contributed by atoms with Crippen LogP contribution >= 0.6 is 0 Å². The van der Waals surface area contributed by atoms with Crippen molar-refractivity contribution in [1.82, 2.24) is 10.6 Å². The van der Waals surface area contributed by atoms with E-state index >= 15 is 0 Å². The van der Waals surface area contributed by atoms with Crippen molar-refractivity contribution in [3.05, 3.63) is 29.8 Å². The predicted molar refractivity (Wildman–Crippen MR) is 89.3 cm³/mol. The van der Waals surface area contributed by atoms with E-state index in [1.165, 1.54) is 50.7 Å². The third kappa shape index (κ3) is 7.25. The molecule has 2 rings (SSSR count). The van der Waals surface area contributed by atoms with Gasteiger partial charge in [-0.3, -0.25) is 4.79 Å². The van der Waals surface area contributed by atoms with Crippen LogP contribution in [0.3, 0.4) is 0 Å². The van der Waals surface area contributed by atoms with Gasteiger partial charge in [0.15, 0.2) is 0 Å². The summed E-state index contributed by atoms with van der Waals surface area (Å²) < 4.78 is 28.4. The van der Waals surface area contributed by atoms with Crippen LogP contribution in [0, 0.1) is 0 Å². The van der Waals surface area contributed by atoms with Crippen molar-refractivity contribution < 1.29 is 18.3 Å². The molecule has 0 unspecified atom stereocenters. The van der Waals surface area contributed by atoms with Gasteiger partial charge in [0.2, 0.25) is 5.91 Å². The number of amides is 1.